The summed E-state index contributed by atoms with van der Waals surface area (Å²) in [7, 11) is 3.27. The first-order valence-electron chi connectivity index (χ1n) is 11.0. The van der Waals surface area contributed by atoms with E-state index >= 15 is 0 Å². The molecule has 0 aliphatic rings. The minimum Gasteiger partial charge on any atom is -0.493 e. The Kier molecular flexibility index (Phi) is 9.22. The second-order valence-corrected chi connectivity index (χ2v) is 9.38. The summed E-state index contributed by atoms with van der Waals surface area (Å²) in [5.41, 5.74) is 2.21. The lowest BCUT2D eigenvalue weighted by atomic mass is 9.84. The fraction of sp³-hybridized carbons (Fsp3) is 0.500. The van der Waals surface area contributed by atoms with E-state index in [1.807, 2.05) is 53.4 Å². The minimum absolute atomic E-state index is 0.0605. The molecule has 2 aromatic rings. The van der Waals surface area contributed by atoms with Crippen LogP contribution in [0.1, 0.15) is 46.1 Å². The fourth-order valence-corrected chi connectivity index (χ4v) is 3.86. The van der Waals surface area contributed by atoms with Crippen molar-refractivity contribution in [3.63, 3.8) is 0 Å². The van der Waals surface area contributed by atoms with Gasteiger partial charge in [0, 0.05) is 18.8 Å². The van der Waals surface area contributed by atoms with E-state index in [0.29, 0.717) is 24.0 Å². The summed E-state index contributed by atoms with van der Waals surface area (Å²) in [4.78, 5) is 14.9. The van der Waals surface area contributed by atoms with Crippen LogP contribution in [0.2, 0.25) is 0 Å². The molecular formula is C26H38N2O3. The number of hydrogen-bond acceptors (Lipinski definition) is 3. The Balaban J connectivity index is 2.06. The minimum atomic E-state index is -0.0605. The number of rotatable bonds is 10. The first-order chi connectivity index (χ1) is 14.7. The molecule has 2 amide bonds. The molecule has 0 radical (unpaired) electrons. The molecule has 0 heterocycles. The van der Waals surface area contributed by atoms with Crippen molar-refractivity contribution in [1.82, 2.24) is 4.90 Å². The number of nitrogens with zero attached hydrogens (tertiary/aromatic N) is 1. The molecule has 0 aliphatic carbocycles. The number of nitrogens with one attached hydrogen (secondary N) is 1. The van der Waals surface area contributed by atoms with Crippen molar-refractivity contribution in [1.29, 1.82) is 0 Å². The van der Waals surface area contributed by atoms with Crippen LogP contribution in [0.5, 0.6) is 11.5 Å². The highest BCUT2D eigenvalue weighted by molar-refractivity contribution is 5.89. The molecule has 31 heavy (non-hydrogen) atoms. The summed E-state index contributed by atoms with van der Waals surface area (Å²) in [5, 5.41) is 3.03. The second kappa shape index (κ2) is 11.6. The Labute approximate surface area is 187 Å². The lowest BCUT2D eigenvalue weighted by Gasteiger charge is -2.27. The standard InChI is InChI=1S/C26H38N2O3/c1-20(19-26(2,3)4)14-16-28(25(29)27-22-10-8-7-9-11-22)17-15-21-12-13-23(30-5)24(18-21)31-6/h7-13,18,20H,14-17,19H2,1-6H3,(H,27,29). The molecule has 0 saturated carbocycles. The zero-order valence-electron chi connectivity index (χ0n) is 19.9. The Morgan fingerprint density at radius 1 is 1.00 bits per heavy atom. The van der Waals surface area contributed by atoms with Crippen molar-refractivity contribution in [2.45, 2.75) is 47.0 Å². The molecular weight excluding hydrogens is 388 g/mol. The SMILES string of the molecule is COc1ccc(CCN(CCC(C)CC(C)(C)C)C(=O)Nc2ccccc2)cc1OC. The molecule has 1 unspecified atom stereocenters. The quantitative estimate of drug-likeness (QED) is 0.489. The monoisotopic (exact) mass is 426 g/mol. The molecule has 0 fully saturated rings. The van der Waals surface area contributed by atoms with E-state index in [9.17, 15) is 4.79 Å². The van der Waals surface area contributed by atoms with Crippen molar-refractivity contribution >= 4 is 11.7 Å². The molecule has 1 N–H and O–H groups in total. The normalized spacial score (nSPS) is 12.2. The molecule has 0 bridgehead atoms. The molecule has 2 rings (SSSR count). The summed E-state index contributed by atoms with van der Waals surface area (Å²) in [5.74, 6) is 1.97. The maximum atomic E-state index is 13.0. The third-order valence-corrected chi connectivity index (χ3v) is 5.28. The number of hydrogen-bond donors (Lipinski definition) is 1. The lowest BCUT2D eigenvalue weighted by Crippen LogP contribution is -2.38. The predicted molar refractivity (Wildman–Crippen MR) is 128 cm³/mol. The first-order valence-corrected chi connectivity index (χ1v) is 11.0. The van der Waals surface area contributed by atoms with E-state index in [1.165, 1.54) is 0 Å². The van der Waals surface area contributed by atoms with E-state index < -0.39 is 0 Å². The number of methoxy groups -OCH3 is 2. The van der Waals surface area contributed by atoms with Gasteiger partial charge in [0.25, 0.3) is 0 Å². The molecule has 1 atom stereocenters. The van der Waals surface area contributed by atoms with Crippen LogP contribution in [0.25, 0.3) is 0 Å². The van der Waals surface area contributed by atoms with E-state index in [4.69, 9.17) is 9.47 Å². The molecule has 0 spiro atoms. The number of para-hydroxylation sites is 1. The number of anilines is 1. The van der Waals surface area contributed by atoms with Gasteiger partial charge in [-0.2, -0.15) is 0 Å². The van der Waals surface area contributed by atoms with Gasteiger partial charge >= 0.3 is 6.03 Å². The topological polar surface area (TPSA) is 50.8 Å². The van der Waals surface area contributed by atoms with Crippen molar-refractivity contribution in [2.75, 3.05) is 32.6 Å². The number of amides is 2. The van der Waals surface area contributed by atoms with E-state index in [1.54, 1.807) is 14.2 Å². The number of ether oxygens (including phenoxy) is 2. The average Bonchev–Trinajstić information content (AvgIpc) is 2.72. The van der Waals surface area contributed by atoms with Crippen molar-refractivity contribution in [3.05, 3.63) is 54.1 Å². The largest absolute Gasteiger partial charge is 0.493 e. The second-order valence-electron chi connectivity index (χ2n) is 9.38. The first kappa shape index (κ1) is 24.6. The summed E-state index contributed by atoms with van der Waals surface area (Å²) in [6.45, 7) is 10.4. The van der Waals surface area contributed by atoms with E-state index in [-0.39, 0.29) is 11.4 Å². The Morgan fingerprint density at radius 2 is 1.68 bits per heavy atom. The zero-order chi connectivity index (χ0) is 22.9. The molecule has 170 valence electrons. The van der Waals surface area contributed by atoms with E-state index in [0.717, 1.165) is 37.1 Å². The van der Waals surface area contributed by atoms with Gasteiger partial charge in [0.05, 0.1) is 14.2 Å². The lowest BCUT2D eigenvalue weighted by molar-refractivity contribution is 0.203. The summed E-state index contributed by atoms with van der Waals surface area (Å²) >= 11 is 0. The van der Waals surface area contributed by atoms with Gasteiger partial charge in [0.1, 0.15) is 0 Å². The Morgan fingerprint density at radius 3 is 2.29 bits per heavy atom. The average molecular weight is 427 g/mol. The summed E-state index contributed by atoms with van der Waals surface area (Å²) in [6.07, 6.45) is 2.86. The summed E-state index contributed by atoms with van der Waals surface area (Å²) < 4.78 is 10.7. The molecule has 5 heteroatoms. The van der Waals surface area contributed by atoms with Crippen LogP contribution in [0, 0.1) is 11.3 Å². The highest BCUT2D eigenvalue weighted by atomic mass is 16.5. The van der Waals surface area contributed by atoms with Crippen LogP contribution in [0.4, 0.5) is 10.5 Å². The van der Waals surface area contributed by atoms with Gasteiger partial charge in [-0.3, -0.25) is 0 Å². The smallest absolute Gasteiger partial charge is 0.321 e. The van der Waals surface area contributed by atoms with Crippen LogP contribution in [-0.4, -0.2) is 38.2 Å². The van der Waals surface area contributed by atoms with Gasteiger partial charge in [-0.1, -0.05) is 52.0 Å². The van der Waals surface area contributed by atoms with Gasteiger partial charge in [0.2, 0.25) is 0 Å². The van der Waals surface area contributed by atoms with Crippen LogP contribution in [-0.2, 0) is 6.42 Å². The number of carbonyl (C=O) groups is 1. The Hall–Kier alpha value is -2.69. The molecule has 5 nitrogen and oxygen atoms in total. The van der Waals surface area contributed by atoms with Crippen molar-refractivity contribution in [3.8, 4) is 11.5 Å². The fourth-order valence-electron chi connectivity index (χ4n) is 3.86. The van der Waals surface area contributed by atoms with Crippen molar-refractivity contribution < 1.29 is 14.3 Å². The van der Waals surface area contributed by atoms with Gasteiger partial charge in [0.15, 0.2) is 11.5 Å². The van der Waals surface area contributed by atoms with Crippen LogP contribution in [0.15, 0.2) is 48.5 Å². The van der Waals surface area contributed by atoms with Gasteiger partial charge in [-0.05, 0) is 60.4 Å². The van der Waals surface area contributed by atoms with Gasteiger partial charge in [-0.25, -0.2) is 4.79 Å². The Bertz CT molecular complexity index is 815. The molecule has 0 aromatic heterocycles. The van der Waals surface area contributed by atoms with Gasteiger partial charge < -0.3 is 19.7 Å². The highest BCUT2D eigenvalue weighted by Crippen LogP contribution is 2.28. The third kappa shape index (κ3) is 8.52. The molecule has 2 aromatic carbocycles. The van der Waals surface area contributed by atoms with Crippen LogP contribution in [0.3, 0.4) is 0 Å². The predicted octanol–water partition coefficient (Wildman–Crippen LogP) is 6.24. The zero-order valence-corrected chi connectivity index (χ0v) is 19.9. The number of benzene rings is 2. The molecule has 0 saturated heterocycles. The maximum absolute atomic E-state index is 13.0. The molecule has 0 aliphatic heterocycles. The van der Waals surface area contributed by atoms with Crippen molar-refractivity contribution in [2.24, 2.45) is 11.3 Å². The van der Waals surface area contributed by atoms with E-state index in [2.05, 4.69) is 33.0 Å². The van der Waals surface area contributed by atoms with Gasteiger partial charge in [-0.15, -0.1) is 0 Å². The summed E-state index contributed by atoms with van der Waals surface area (Å²) in [6, 6.07) is 15.5. The van der Waals surface area contributed by atoms with Crippen LogP contribution < -0.4 is 14.8 Å². The maximum Gasteiger partial charge on any atom is 0.321 e. The number of carbonyl (C=O) groups excluding carboxylic acids is 1. The highest BCUT2D eigenvalue weighted by Gasteiger charge is 2.19. The van der Waals surface area contributed by atoms with Crippen LogP contribution >= 0.6 is 0 Å². The number of urea groups is 1. The third-order valence-electron chi connectivity index (χ3n) is 5.28.